The number of benzene rings is 2. The van der Waals surface area contributed by atoms with Crippen molar-refractivity contribution < 1.29 is 27.4 Å². The Balaban J connectivity index is 0.00000507. The Hall–Kier alpha value is -3.64. The van der Waals surface area contributed by atoms with Gasteiger partial charge in [0, 0.05) is 31.5 Å². The molecule has 1 heterocycles. The zero-order valence-corrected chi connectivity index (χ0v) is 22.4. The lowest BCUT2D eigenvalue weighted by atomic mass is 10.1. The van der Waals surface area contributed by atoms with E-state index in [1.54, 1.807) is 37.3 Å². The summed E-state index contributed by atoms with van der Waals surface area (Å²) in [6, 6.07) is 12.2. The molecule has 0 bridgehead atoms. The smallest absolute Gasteiger partial charge is 0.320 e. The van der Waals surface area contributed by atoms with Crippen LogP contribution in [0.2, 0.25) is 0 Å². The molecule has 1 aliphatic heterocycles. The number of likely N-dealkylation sites (tertiary alicyclic amines) is 1. The summed E-state index contributed by atoms with van der Waals surface area (Å²) in [5, 5.41) is 24.3. The van der Waals surface area contributed by atoms with Crippen LogP contribution in [0.3, 0.4) is 0 Å². The van der Waals surface area contributed by atoms with Crippen molar-refractivity contribution in [3.8, 4) is 5.75 Å². The molecule has 10 nitrogen and oxygen atoms in total. The van der Waals surface area contributed by atoms with Crippen LogP contribution in [0.4, 0.5) is 10.1 Å². The summed E-state index contributed by atoms with van der Waals surface area (Å²) in [6.45, 7) is 2.44. The maximum absolute atomic E-state index is 15.0. The SMILES string of the molecule is CC(=N)N1CCC(Oc2ccc(N(CC(F)=Cc3cccc(C(=N)N)c3)S(=O)(=O)CC(=O)O)cc2)CC1.Cl. The number of carboxylic acids is 1. The van der Waals surface area contributed by atoms with E-state index < -0.39 is 34.1 Å². The van der Waals surface area contributed by atoms with Gasteiger partial charge in [0.15, 0.2) is 5.75 Å². The van der Waals surface area contributed by atoms with Gasteiger partial charge in [-0.15, -0.1) is 12.4 Å². The van der Waals surface area contributed by atoms with Crippen LogP contribution in [0, 0.1) is 10.8 Å². The number of sulfonamides is 1. The van der Waals surface area contributed by atoms with Crippen molar-refractivity contribution in [3.63, 3.8) is 0 Å². The largest absolute Gasteiger partial charge is 0.490 e. The molecule has 1 saturated heterocycles. The van der Waals surface area contributed by atoms with Gasteiger partial charge in [0.1, 0.15) is 23.5 Å². The zero-order valence-electron chi connectivity index (χ0n) is 20.8. The number of nitrogens with two attached hydrogens (primary N) is 1. The van der Waals surface area contributed by atoms with E-state index in [0.717, 1.165) is 18.9 Å². The first kappa shape index (κ1) is 30.6. The number of hydrogen-bond donors (Lipinski definition) is 4. The number of nitrogens with zero attached hydrogens (tertiary/aromatic N) is 2. The highest BCUT2D eigenvalue weighted by Crippen LogP contribution is 2.26. The summed E-state index contributed by atoms with van der Waals surface area (Å²) in [5.74, 6) is -2.78. The number of aliphatic carboxylic acids is 1. The molecule has 0 atom stereocenters. The average molecular weight is 568 g/mol. The van der Waals surface area contributed by atoms with Gasteiger partial charge in [-0.05, 0) is 48.9 Å². The van der Waals surface area contributed by atoms with Crippen LogP contribution in [0.5, 0.6) is 5.75 Å². The molecule has 38 heavy (non-hydrogen) atoms. The Kier molecular flexibility index (Phi) is 10.7. The number of nitrogens with one attached hydrogen (secondary N) is 2. The van der Waals surface area contributed by atoms with Gasteiger partial charge in [0.05, 0.1) is 18.1 Å². The average Bonchev–Trinajstić information content (AvgIpc) is 2.83. The summed E-state index contributed by atoms with van der Waals surface area (Å²) in [7, 11) is -4.41. The molecule has 2 aromatic carbocycles. The van der Waals surface area contributed by atoms with E-state index in [0.29, 0.717) is 40.1 Å². The maximum atomic E-state index is 15.0. The molecule has 5 N–H and O–H groups in total. The van der Waals surface area contributed by atoms with Gasteiger partial charge < -0.3 is 20.5 Å². The molecule has 0 radical (unpaired) electrons. The number of hydrogen-bond acceptors (Lipinski definition) is 6. The summed E-state index contributed by atoms with van der Waals surface area (Å²) in [4.78, 5) is 13.2. The van der Waals surface area contributed by atoms with Crippen LogP contribution in [0.25, 0.3) is 6.08 Å². The number of rotatable bonds is 10. The Morgan fingerprint density at radius 2 is 1.84 bits per heavy atom. The maximum Gasteiger partial charge on any atom is 0.320 e. The minimum absolute atomic E-state index is 0. The van der Waals surface area contributed by atoms with Crippen molar-refractivity contribution in [3.05, 3.63) is 65.5 Å². The van der Waals surface area contributed by atoms with E-state index >= 15 is 0 Å². The molecule has 0 amide bonds. The minimum atomic E-state index is -4.41. The topological polar surface area (TPSA) is 161 Å². The number of piperidine rings is 1. The first-order valence-electron chi connectivity index (χ1n) is 11.5. The Labute approximate surface area is 227 Å². The molecule has 0 aliphatic carbocycles. The number of amidine groups is 2. The predicted octanol–water partition coefficient (Wildman–Crippen LogP) is 3.46. The van der Waals surface area contributed by atoms with E-state index in [1.165, 1.54) is 18.2 Å². The van der Waals surface area contributed by atoms with Gasteiger partial charge >= 0.3 is 5.97 Å². The third-order valence-corrected chi connectivity index (χ3v) is 7.42. The summed E-state index contributed by atoms with van der Waals surface area (Å²) in [5.41, 5.74) is 6.30. The van der Waals surface area contributed by atoms with Crippen LogP contribution in [-0.4, -0.2) is 67.6 Å². The molecule has 0 spiro atoms. The quantitative estimate of drug-likeness (QED) is 0.252. The van der Waals surface area contributed by atoms with Gasteiger partial charge in [0.2, 0.25) is 10.0 Å². The first-order valence-corrected chi connectivity index (χ1v) is 13.1. The van der Waals surface area contributed by atoms with Crippen molar-refractivity contribution in [1.82, 2.24) is 4.90 Å². The summed E-state index contributed by atoms with van der Waals surface area (Å²) in [6.07, 6.45) is 2.52. The third kappa shape index (κ3) is 8.45. The van der Waals surface area contributed by atoms with E-state index in [4.69, 9.17) is 26.4 Å². The zero-order chi connectivity index (χ0) is 27.2. The lowest BCUT2D eigenvalue weighted by Gasteiger charge is -2.32. The first-order chi connectivity index (χ1) is 17.4. The number of halogens is 2. The number of nitrogen functional groups attached to an aromatic ring is 1. The van der Waals surface area contributed by atoms with Gasteiger partial charge in [-0.1, -0.05) is 18.2 Å². The second kappa shape index (κ2) is 13.2. The third-order valence-electron chi connectivity index (χ3n) is 5.80. The highest BCUT2D eigenvalue weighted by atomic mass is 35.5. The van der Waals surface area contributed by atoms with Gasteiger partial charge in [-0.2, -0.15) is 0 Å². The van der Waals surface area contributed by atoms with Crippen LogP contribution in [0.15, 0.2) is 54.4 Å². The molecule has 206 valence electrons. The Morgan fingerprint density at radius 3 is 2.39 bits per heavy atom. The van der Waals surface area contributed by atoms with Crippen molar-refractivity contribution in [1.29, 1.82) is 10.8 Å². The number of anilines is 1. The fourth-order valence-corrected chi connectivity index (χ4v) is 5.17. The normalized spacial score (nSPS) is 14.4. The lowest BCUT2D eigenvalue weighted by molar-refractivity contribution is -0.134. The lowest BCUT2D eigenvalue weighted by Crippen LogP contribution is -2.40. The number of carbonyl (C=O) groups is 1. The van der Waals surface area contributed by atoms with Crippen LogP contribution < -0.4 is 14.8 Å². The monoisotopic (exact) mass is 567 g/mol. The number of carboxylic acid groups (broad SMARTS) is 1. The van der Waals surface area contributed by atoms with Crippen LogP contribution in [0.1, 0.15) is 30.9 Å². The molecule has 3 rings (SSSR count). The summed E-state index contributed by atoms with van der Waals surface area (Å²) < 4.78 is 47.3. The van der Waals surface area contributed by atoms with E-state index in [9.17, 15) is 17.6 Å². The van der Waals surface area contributed by atoms with E-state index in [2.05, 4.69) is 0 Å². The number of ether oxygens (including phenoxy) is 1. The molecule has 0 aromatic heterocycles. The fraction of sp³-hybridized carbons (Fsp3) is 0.320. The summed E-state index contributed by atoms with van der Waals surface area (Å²) >= 11 is 0. The molecule has 13 heteroatoms. The van der Waals surface area contributed by atoms with Gasteiger partial charge in [0.25, 0.3) is 0 Å². The Morgan fingerprint density at radius 1 is 1.21 bits per heavy atom. The molecule has 0 saturated carbocycles. The predicted molar refractivity (Wildman–Crippen MR) is 148 cm³/mol. The minimum Gasteiger partial charge on any atom is -0.490 e. The highest BCUT2D eigenvalue weighted by molar-refractivity contribution is 7.93. The fourth-order valence-electron chi connectivity index (χ4n) is 3.94. The van der Waals surface area contributed by atoms with E-state index in [1.807, 2.05) is 4.90 Å². The van der Waals surface area contributed by atoms with Gasteiger partial charge in [-0.3, -0.25) is 19.9 Å². The highest BCUT2D eigenvalue weighted by Gasteiger charge is 2.27. The second-order valence-corrected chi connectivity index (χ2v) is 10.6. The van der Waals surface area contributed by atoms with Gasteiger partial charge in [-0.25, -0.2) is 12.8 Å². The second-order valence-electron chi connectivity index (χ2n) is 8.67. The Bertz CT molecular complexity index is 1300. The molecular weight excluding hydrogens is 537 g/mol. The van der Waals surface area contributed by atoms with Crippen molar-refractivity contribution >= 4 is 51.8 Å². The molecule has 0 unspecified atom stereocenters. The van der Waals surface area contributed by atoms with Crippen molar-refractivity contribution in [2.24, 2.45) is 5.73 Å². The van der Waals surface area contributed by atoms with Crippen LogP contribution in [-0.2, 0) is 14.8 Å². The molecule has 1 aliphatic rings. The van der Waals surface area contributed by atoms with E-state index in [-0.39, 0.29) is 30.0 Å². The standard InChI is InChI=1S/C25H30FN5O5S.ClH/c1-17(27)30-11-9-23(10-12-30)36-22-7-5-21(6-8-22)31(37(34,35)16-24(32)33)15-20(26)14-18-3-2-4-19(13-18)25(28)29;/h2-8,13-14,23,27H,9-12,15-16H2,1H3,(H3,28,29)(H,32,33);1H. The van der Waals surface area contributed by atoms with Crippen LogP contribution >= 0.6 is 12.4 Å². The molecule has 2 aromatic rings. The molecule has 1 fully saturated rings. The van der Waals surface area contributed by atoms with Crippen molar-refractivity contribution in [2.75, 3.05) is 29.7 Å². The van der Waals surface area contributed by atoms with Crippen molar-refractivity contribution in [2.45, 2.75) is 25.9 Å². The molecular formula is C25H31ClFN5O5S.